The number of carbonyl (C=O) groups is 2. The van der Waals surface area contributed by atoms with Crippen molar-refractivity contribution in [3.8, 4) is 5.75 Å². The van der Waals surface area contributed by atoms with Gasteiger partial charge in [0.1, 0.15) is 5.75 Å². The van der Waals surface area contributed by atoms with E-state index in [-0.39, 0.29) is 18.3 Å². The van der Waals surface area contributed by atoms with Crippen LogP contribution < -0.4 is 15.8 Å². The molecule has 0 fully saturated rings. The van der Waals surface area contributed by atoms with Crippen molar-refractivity contribution in [1.29, 1.82) is 0 Å². The zero-order valence-electron chi connectivity index (χ0n) is 9.36. The van der Waals surface area contributed by atoms with Gasteiger partial charge >= 0.3 is 0 Å². The second-order valence-corrected chi connectivity index (χ2v) is 3.86. The van der Waals surface area contributed by atoms with Crippen LogP contribution in [-0.4, -0.2) is 24.8 Å². The van der Waals surface area contributed by atoms with Gasteiger partial charge in [-0.25, -0.2) is 0 Å². The van der Waals surface area contributed by atoms with Crippen molar-refractivity contribution in [2.24, 2.45) is 5.73 Å². The lowest BCUT2D eigenvalue weighted by molar-refractivity contribution is -0.118. The molecule has 3 N–H and O–H groups in total. The van der Waals surface area contributed by atoms with Gasteiger partial charge in [-0.1, -0.05) is 0 Å². The molecule has 1 aliphatic heterocycles. The van der Waals surface area contributed by atoms with Crippen LogP contribution in [0.4, 0.5) is 5.69 Å². The number of nitrogens with one attached hydrogen (secondary N) is 1. The molecule has 5 heteroatoms. The smallest absolute Gasteiger partial charge is 0.262 e. The van der Waals surface area contributed by atoms with E-state index in [4.69, 9.17) is 10.5 Å². The molecule has 1 amide bonds. The number of hydrogen-bond acceptors (Lipinski definition) is 4. The van der Waals surface area contributed by atoms with Crippen LogP contribution in [-0.2, 0) is 4.79 Å². The van der Waals surface area contributed by atoms with Crippen molar-refractivity contribution >= 4 is 17.4 Å². The van der Waals surface area contributed by atoms with Crippen LogP contribution in [0, 0.1) is 0 Å². The van der Waals surface area contributed by atoms with E-state index in [0.717, 1.165) is 0 Å². The minimum Gasteiger partial charge on any atom is -0.482 e. The second kappa shape index (κ2) is 4.97. The van der Waals surface area contributed by atoms with Gasteiger partial charge in [-0.05, 0) is 31.2 Å². The molecule has 17 heavy (non-hydrogen) atoms. The SMILES string of the molecule is NCCCC(=O)c1ccc2c(c1)NC(=O)CO2. The molecule has 0 radical (unpaired) electrons. The van der Waals surface area contributed by atoms with E-state index in [9.17, 15) is 9.59 Å². The van der Waals surface area contributed by atoms with Crippen molar-refractivity contribution in [3.05, 3.63) is 23.8 Å². The van der Waals surface area contributed by atoms with Crippen molar-refractivity contribution in [1.82, 2.24) is 0 Å². The van der Waals surface area contributed by atoms with Crippen molar-refractivity contribution in [3.63, 3.8) is 0 Å². The number of ether oxygens (including phenoxy) is 1. The van der Waals surface area contributed by atoms with Crippen LogP contribution in [0.2, 0.25) is 0 Å². The number of benzene rings is 1. The first-order chi connectivity index (χ1) is 8.20. The van der Waals surface area contributed by atoms with Gasteiger partial charge in [-0.15, -0.1) is 0 Å². The van der Waals surface area contributed by atoms with Gasteiger partial charge in [0.25, 0.3) is 5.91 Å². The van der Waals surface area contributed by atoms with Crippen molar-refractivity contribution in [2.75, 3.05) is 18.5 Å². The summed E-state index contributed by atoms with van der Waals surface area (Å²) in [5, 5.41) is 2.67. The minimum atomic E-state index is -0.205. The fraction of sp³-hybridized carbons (Fsp3) is 0.333. The monoisotopic (exact) mass is 234 g/mol. The van der Waals surface area contributed by atoms with Gasteiger partial charge in [0.15, 0.2) is 12.4 Å². The Labute approximate surface area is 98.9 Å². The number of nitrogens with two attached hydrogens (primary N) is 1. The fourth-order valence-corrected chi connectivity index (χ4v) is 1.66. The molecule has 0 unspecified atom stereocenters. The molecule has 0 saturated carbocycles. The minimum absolute atomic E-state index is 0.0213. The summed E-state index contributed by atoms with van der Waals surface area (Å²) in [5.74, 6) is 0.419. The molecule has 0 spiro atoms. The van der Waals surface area contributed by atoms with E-state index >= 15 is 0 Å². The maximum Gasteiger partial charge on any atom is 0.262 e. The number of ketones is 1. The molecule has 1 aromatic carbocycles. The summed E-state index contributed by atoms with van der Waals surface area (Å²) in [6.45, 7) is 0.518. The zero-order chi connectivity index (χ0) is 12.3. The van der Waals surface area contributed by atoms with Gasteiger partial charge in [-0.2, -0.15) is 0 Å². The van der Waals surface area contributed by atoms with E-state index in [1.54, 1.807) is 18.2 Å². The first kappa shape index (κ1) is 11.6. The Morgan fingerprint density at radius 2 is 2.29 bits per heavy atom. The first-order valence-corrected chi connectivity index (χ1v) is 5.50. The van der Waals surface area contributed by atoms with Crippen LogP contribution in [0.25, 0.3) is 0 Å². The van der Waals surface area contributed by atoms with Gasteiger partial charge in [0, 0.05) is 12.0 Å². The average Bonchev–Trinajstić information content (AvgIpc) is 2.35. The Hall–Kier alpha value is -1.88. The topological polar surface area (TPSA) is 81.4 Å². The fourth-order valence-electron chi connectivity index (χ4n) is 1.66. The maximum atomic E-state index is 11.8. The molecule has 0 bridgehead atoms. The molecule has 1 aromatic rings. The van der Waals surface area contributed by atoms with Crippen LogP contribution in [0.3, 0.4) is 0 Å². The molecule has 0 aliphatic carbocycles. The Balaban J connectivity index is 2.18. The lowest BCUT2D eigenvalue weighted by atomic mass is 10.1. The van der Waals surface area contributed by atoms with Crippen LogP contribution in [0.15, 0.2) is 18.2 Å². The molecule has 0 atom stereocenters. The molecular weight excluding hydrogens is 220 g/mol. The molecule has 5 nitrogen and oxygen atoms in total. The zero-order valence-corrected chi connectivity index (χ0v) is 9.36. The van der Waals surface area contributed by atoms with E-state index in [1.165, 1.54) is 0 Å². The van der Waals surface area contributed by atoms with Gasteiger partial charge < -0.3 is 15.8 Å². The largest absolute Gasteiger partial charge is 0.482 e. The molecule has 0 aromatic heterocycles. The summed E-state index contributed by atoms with van der Waals surface area (Å²) in [5.41, 5.74) is 6.48. The molecule has 90 valence electrons. The Kier molecular flexibility index (Phi) is 3.39. The normalized spacial score (nSPS) is 13.6. The number of carbonyl (C=O) groups excluding carboxylic acids is 2. The summed E-state index contributed by atoms with van der Waals surface area (Å²) in [7, 11) is 0. The van der Waals surface area contributed by atoms with Crippen molar-refractivity contribution < 1.29 is 14.3 Å². The third-order valence-electron chi connectivity index (χ3n) is 2.54. The van der Waals surface area contributed by atoms with Gasteiger partial charge in [0.05, 0.1) is 5.69 Å². The predicted molar refractivity (Wildman–Crippen MR) is 63.2 cm³/mol. The summed E-state index contributed by atoms with van der Waals surface area (Å²) in [6.07, 6.45) is 1.09. The average molecular weight is 234 g/mol. The Bertz CT molecular complexity index is 457. The third kappa shape index (κ3) is 2.62. The Morgan fingerprint density at radius 1 is 1.47 bits per heavy atom. The number of rotatable bonds is 4. The summed E-state index contributed by atoms with van der Waals surface area (Å²) < 4.78 is 5.21. The molecule has 2 rings (SSSR count). The van der Waals surface area contributed by atoms with Crippen LogP contribution in [0.5, 0.6) is 5.75 Å². The summed E-state index contributed by atoms with van der Waals surface area (Å²) in [6, 6.07) is 5.05. The predicted octanol–water partition coefficient (Wildman–Crippen LogP) is 0.939. The number of hydrogen-bond donors (Lipinski definition) is 2. The third-order valence-corrected chi connectivity index (χ3v) is 2.54. The number of fused-ring (bicyclic) bond motifs is 1. The lowest BCUT2D eigenvalue weighted by Crippen LogP contribution is -2.25. The first-order valence-electron chi connectivity index (χ1n) is 5.50. The van der Waals surface area contributed by atoms with E-state index in [1.807, 2.05) is 0 Å². The highest BCUT2D eigenvalue weighted by atomic mass is 16.5. The van der Waals surface area contributed by atoms with Gasteiger partial charge in [-0.3, -0.25) is 9.59 Å². The Morgan fingerprint density at radius 3 is 3.06 bits per heavy atom. The summed E-state index contributed by atoms with van der Waals surface area (Å²) >= 11 is 0. The van der Waals surface area contributed by atoms with Crippen molar-refractivity contribution in [2.45, 2.75) is 12.8 Å². The molecule has 1 aliphatic rings. The number of Topliss-reactive ketones (excluding diaryl/α,β-unsaturated/α-hetero) is 1. The second-order valence-electron chi connectivity index (χ2n) is 3.86. The van der Waals surface area contributed by atoms with E-state index in [0.29, 0.717) is 36.4 Å². The van der Waals surface area contributed by atoms with E-state index in [2.05, 4.69) is 5.32 Å². The maximum absolute atomic E-state index is 11.8. The highest BCUT2D eigenvalue weighted by Crippen LogP contribution is 2.28. The van der Waals surface area contributed by atoms with Crippen LogP contribution >= 0.6 is 0 Å². The molecular formula is C12H14N2O3. The lowest BCUT2D eigenvalue weighted by Gasteiger charge is -2.18. The van der Waals surface area contributed by atoms with E-state index < -0.39 is 0 Å². The van der Waals surface area contributed by atoms with Gasteiger partial charge in [0.2, 0.25) is 0 Å². The standard InChI is InChI=1S/C12H14N2O3/c13-5-1-2-10(15)8-3-4-11-9(6-8)14-12(16)7-17-11/h3-4,6H,1-2,5,7,13H2,(H,14,16). The van der Waals surface area contributed by atoms with Crippen LogP contribution in [0.1, 0.15) is 23.2 Å². The summed E-state index contributed by atoms with van der Waals surface area (Å²) in [4.78, 5) is 22.9. The quantitative estimate of drug-likeness (QED) is 0.759. The number of amides is 1. The molecule has 1 heterocycles. The highest BCUT2D eigenvalue weighted by molar-refractivity contribution is 6.00. The number of anilines is 1. The molecule has 0 saturated heterocycles. The highest BCUT2D eigenvalue weighted by Gasteiger charge is 2.17.